The largest absolute Gasteiger partial charge is 0.340 e. The monoisotopic (exact) mass is 356 g/mol. The Kier molecular flexibility index (Phi) is 4.12. The van der Waals surface area contributed by atoms with E-state index in [1.807, 2.05) is 17.7 Å². The predicted octanol–water partition coefficient (Wildman–Crippen LogP) is 2.94. The van der Waals surface area contributed by atoms with Crippen molar-refractivity contribution in [2.24, 2.45) is 5.92 Å². The van der Waals surface area contributed by atoms with Gasteiger partial charge in [0.1, 0.15) is 12.2 Å². The zero-order chi connectivity index (χ0) is 17.4. The molecule has 8 heteroatoms. The predicted molar refractivity (Wildman–Crippen MR) is 95.3 cm³/mol. The molecule has 0 spiro atoms. The number of amides is 1. The van der Waals surface area contributed by atoms with Crippen molar-refractivity contribution < 1.29 is 4.79 Å². The number of H-pyrrole nitrogens is 1. The first-order valence-electron chi connectivity index (χ1n) is 8.46. The minimum Gasteiger partial charge on any atom is -0.340 e. The molecule has 1 atom stereocenters. The van der Waals surface area contributed by atoms with Crippen molar-refractivity contribution in [1.29, 1.82) is 0 Å². The molecule has 25 heavy (non-hydrogen) atoms. The molecule has 7 nitrogen and oxygen atoms in total. The summed E-state index contributed by atoms with van der Waals surface area (Å²) in [4.78, 5) is 19.3. The number of hydrogen-bond donors (Lipinski definition) is 2. The van der Waals surface area contributed by atoms with Crippen LogP contribution in [0.2, 0.25) is 0 Å². The summed E-state index contributed by atoms with van der Waals surface area (Å²) in [6.07, 6.45) is 3.75. The molecule has 0 saturated heterocycles. The summed E-state index contributed by atoms with van der Waals surface area (Å²) < 4.78 is 1.84. The summed E-state index contributed by atoms with van der Waals surface area (Å²) in [5.74, 6) is 1.07. The molecule has 3 aromatic rings. The van der Waals surface area contributed by atoms with Gasteiger partial charge in [0.15, 0.2) is 5.69 Å². The maximum atomic E-state index is 12.7. The molecule has 0 unspecified atom stereocenters. The van der Waals surface area contributed by atoms with Gasteiger partial charge in [0.25, 0.3) is 5.91 Å². The average Bonchev–Trinajstić information content (AvgIpc) is 3.03. The average molecular weight is 356 g/mol. The van der Waals surface area contributed by atoms with Crippen molar-refractivity contribution in [3.63, 3.8) is 0 Å². The third kappa shape index (κ3) is 3.21. The standard InChI is InChI=1S/C17H20N6OS/c1-3-23-16(18-9-19-23)15(11-5-6-11)20-17(24)13-8-12(21-22-13)14-7-4-10(2)25-14/h4,7-9,11,15H,3,5-6H2,1-2H3,(H,20,24)(H,21,22)/t15-/m0/s1. The quantitative estimate of drug-likeness (QED) is 0.711. The van der Waals surface area contributed by atoms with Crippen LogP contribution < -0.4 is 5.32 Å². The molecule has 0 radical (unpaired) electrons. The summed E-state index contributed by atoms with van der Waals surface area (Å²) in [7, 11) is 0. The molecule has 1 amide bonds. The molecular formula is C17H20N6OS. The van der Waals surface area contributed by atoms with E-state index in [-0.39, 0.29) is 11.9 Å². The van der Waals surface area contributed by atoms with E-state index in [2.05, 4.69) is 38.6 Å². The van der Waals surface area contributed by atoms with Crippen LogP contribution in [-0.2, 0) is 6.54 Å². The van der Waals surface area contributed by atoms with Crippen LogP contribution in [0.4, 0.5) is 0 Å². The zero-order valence-electron chi connectivity index (χ0n) is 14.2. The van der Waals surface area contributed by atoms with Gasteiger partial charge < -0.3 is 5.32 Å². The molecule has 130 valence electrons. The number of carbonyl (C=O) groups is 1. The molecule has 1 saturated carbocycles. The highest BCUT2D eigenvalue weighted by Crippen LogP contribution is 2.40. The van der Waals surface area contributed by atoms with Gasteiger partial charge >= 0.3 is 0 Å². The van der Waals surface area contributed by atoms with E-state index in [0.717, 1.165) is 35.8 Å². The van der Waals surface area contributed by atoms with Crippen molar-refractivity contribution >= 4 is 17.2 Å². The van der Waals surface area contributed by atoms with Crippen LogP contribution in [0.3, 0.4) is 0 Å². The number of nitrogens with zero attached hydrogens (tertiary/aromatic N) is 4. The van der Waals surface area contributed by atoms with Gasteiger partial charge in [-0.1, -0.05) is 0 Å². The van der Waals surface area contributed by atoms with Gasteiger partial charge in [0.2, 0.25) is 0 Å². The van der Waals surface area contributed by atoms with Gasteiger partial charge in [0, 0.05) is 11.4 Å². The Balaban J connectivity index is 1.53. The summed E-state index contributed by atoms with van der Waals surface area (Å²) in [5, 5.41) is 14.5. The van der Waals surface area contributed by atoms with Gasteiger partial charge in [-0.3, -0.25) is 9.89 Å². The Bertz CT molecular complexity index is 890. The molecule has 1 aliphatic carbocycles. The third-order valence-electron chi connectivity index (χ3n) is 4.42. The number of rotatable bonds is 6. The van der Waals surface area contributed by atoms with Crippen molar-refractivity contribution in [2.45, 2.75) is 39.3 Å². The molecule has 3 heterocycles. The number of nitrogens with one attached hydrogen (secondary N) is 2. The van der Waals surface area contributed by atoms with Gasteiger partial charge in [-0.05, 0) is 50.8 Å². The van der Waals surface area contributed by atoms with E-state index in [9.17, 15) is 4.79 Å². The number of aromatic amines is 1. The van der Waals surface area contributed by atoms with Crippen LogP contribution in [0.25, 0.3) is 10.6 Å². The summed E-state index contributed by atoms with van der Waals surface area (Å²) in [6, 6.07) is 5.78. The Morgan fingerprint density at radius 1 is 1.48 bits per heavy atom. The second-order valence-corrected chi connectivity index (χ2v) is 7.59. The van der Waals surface area contributed by atoms with Gasteiger partial charge in [-0.2, -0.15) is 10.2 Å². The SMILES string of the molecule is CCn1ncnc1[C@@H](NC(=O)c1cc(-c2ccc(C)s2)[nH]n1)C1CC1. The number of carbonyl (C=O) groups excluding carboxylic acids is 1. The highest BCUT2D eigenvalue weighted by molar-refractivity contribution is 7.15. The fourth-order valence-corrected chi connectivity index (χ4v) is 3.77. The van der Waals surface area contributed by atoms with Crippen molar-refractivity contribution in [1.82, 2.24) is 30.3 Å². The minimum atomic E-state index is -0.182. The molecule has 1 aliphatic rings. The summed E-state index contributed by atoms with van der Waals surface area (Å²) >= 11 is 1.67. The first kappa shape index (κ1) is 16.0. The highest BCUT2D eigenvalue weighted by Gasteiger charge is 2.36. The molecule has 4 rings (SSSR count). The number of aryl methyl sites for hydroxylation is 2. The topological polar surface area (TPSA) is 88.5 Å². The number of aromatic nitrogens is 5. The zero-order valence-corrected chi connectivity index (χ0v) is 15.0. The van der Waals surface area contributed by atoms with Crippen LogP contribution in [0.1, 0.15) is 47.0 Å². The van der Waals surface area contributed by atoms with E-state index in [1.54, 1.807) is 23.7 Å². The smallest absolute Gasteiger partial charge is 0.272 e. The van der Waals surface area contributed by atoms with Crippen molar-refractivity contribution in [3.8, 4) is 10.6 Å². The lowest BCUT2D eigenvalue weighted by atomic mass is 10.1. The van der Waals surface area contributed by atoms with Crippen LogP contribution in [-0.4, -0.2) is 30.9 Å². The Morgan fingerprint density at radius 3 is 3.00 bits per heavy atom. The first-order chi connectivity index (χ1) is 12.2. The van der Waals surface area contributed by atoms with Crippen molar-refractivity contribution in [3.05, 3.63) is 40.9 Å². The molecule has 0 bridgehead atoms. The van der Waals surface area contributed by atoms with E-state index in [4.69, 9.17) is 0 Å². The Morgan fingerprint density at radius 2 is 2.32 bits per heavy atom. The third-order valence-corrected chi connectivity index (χ3v) is 5.45. The normalized spacial score (nSPS) is 15.3. The Labute approximate surface area is 149 Å². The molecule has 3 aromatic heterocycles. The highest BCUT2D eigenvalue weighted by atomic mass is 32.1. The molecule has 0 aliphatic heterocycles. The van der Waals surface area contributed by atoms with E-state index < -0.39 is 0 Å². The lowest BCUT2D eigenvalue weighted by Crippen LogP contribution is -2.32. The maximum Gasteiger partial charge on any atom is 0.272 e. The fraction of sp³-hybridized carbons (Fsp3) is 0.412. The van der Waals surface area contributed by atoms with Crippen LogP contribution in [0, 0.1) is 12.8 Å². The fourth-order valence-electron chi connectivity index (χ4n) is 2.94. The number of hydrogen-bond acceptors (Lipinski definition) is 5. The molecule has 2 N–H and O–H groups in total. The van der Waals surface area contributed by atoms with Gasteiger partial charge in [0.05, 0.1) is 16.6 Å². The molecular weight excluding hydrogens is 336 g/mol. The second-order valence-electron chi connectivity index (χ2n) is 6.30. The van der Waals surface area contributed by atoms with E-state index in [0.29, 0.717) is 11.6 Å². The second kappa shape index (κ2) is 6.44. The summed E-state index contributed by atoms with van der Waals surface area (Å²) in [5.41, 5.74) is 1.26. The van der Waals surface area contributed by atoms with Crippen LogP contribution in [0.15, 0.2) is 24.5 Å². The molecule has 0 aromatic carbocycles. The van der Waals surface area contributed by atoms with Gasteiger partial charge in [-0.25, -0.2) is 9.67 Å². The number of thiophene rings is 1. The molecule has 1 fully saturated rings. The maximum absolute atomic E-state index is 12.7. The van der Waals surface area contributed by atoms with Crippen LogP contribution >= 0.6 is 11.3 Å². The minimum absolute atomic E-state index is 0.112. The Hall–Kier alpha value is -2.48. The van der Waals surface area contributed by atoms with E-state index in [1.165, 1.54) is 4.88 Å². The first-order valence-corrected chi connectivity index (χ1v) is 9.28. The van der Waals surface area contributed by atoms with E-state index >= 15 is 0 Å². The summed E-state index contributed by atoms with van der Waals surface area (Å²) in [6.45, 7) is 4.81. The van der Waals surface area contributed by atoms with Crippen LogP contribution in [0.5, 0.6) is 0 Å². The van der Waals surface area contributed by atoms with Gasteiger partial charge in [-0.15, -0.1) is 11.3 Å². The lowest BCUT2D eigenvalue weighted by molar-refractivity contribution is 0.0923. The van der Waals surface area contributed by atoms with Crippen molar-refractivity contribution in [2.75, 3.05) is 0 Å². The lowest BCUT2D eigenvalue weighted by Gasteiger charge is -2.17.